The molecule has 0 aromatic heterocycles. The van der Waals surface area contributed by atoms with Gasteiger partial charge in [-0.2, -0.15) is 0 Å². The van der Waals surface area contributed by atoms with E-state index >= 15 is 0 Å². The van der Waals surface area contributed by atoms with E-state index in [4.69, 9.17) is 0 Å². The molecule has 1 aliphatic rings. The molecule has 1 atom stereocenters. The number of carbonyl (C=O) groups excluding carboxylic acids is 2. The molecule has 114 valence electrons. The molecule has 1 aromatic carbocycles. The Labute approximate surface area is 127 Å². The van der Waals surface area contributed by atoms with Crippen LogP contribution < -0.4 is 5.32 Å². The summed E-state index contributed by atoms with van der Waals surface area (Å²) in [7, 11) is 0. The first-order chi connectivity index (χ1) is 10.2. The third-order valence-corrected chi connectivity index (χ3v) is 4.43. The molecule has 3 nitrogen and oxygen atoms in total. The first-order valence-corrected chi connectivity index (χ1v) is 8.09. The molecule has 0 spiro atoms. The number of hydrogen-bond acceptors (Lipinski definition) is 2. The number of rotatable bonds is 7. The standard InChI is InChI=1S/C18H25NO2/c1-2-3-4-8-12-18(13-9-14-19-17(18)21)16(20)15-10-6-5-7-11-15/h5-7,10-11H,2-4,8-9,12-14H2,1H3,(H,19,21). The Hall–Kier alpha value is -1.64. The van der Waals surface area contributed by atoms with Gasteiger partial charge in [0.25, 0.3) is 0 Å². The lowest BCUT2D eigenvalue weighted by molar-refractivity contribution is -0.131. The van der Waals surface area contributed by atoms with Gasteiger partial charge in [0.05, 0.1) is 0 Å². The zero-order valence-corrected chi connectivity index (χ0v) is 12.9. The highest BCUT2D eigenvalue weighted by Crippen LogP contribution is 2.37. The van der Waals surface area contributed by atoms with Crippen molar-refractivity contribution in [2.24, 2.45) is 5.41 Å². The molecule has 3 heteroatoms. The Kier molecular flexibility index (Phi) is 5.54. The minimum Gasteiger partial charge on any atom is -0.355 e. The van der Waals surface area contributed by atoms with Gasteiger partial charge < -0.3 is 5.32 Å². The van der Waals surface area contributed by atoms with Gasteiger partial charge in [-0.05, 0) is 19.3 Å². The molecule has 1 fully saturated rings. The van der Waals surface area contributed by atoms with Gasteiger partial charge in [0.2, 0.25) is 5.91 Å². The Morgan fingerprint density at radius 3 is 2.62 bits per heavy atom. The number of unbranched alkanes of at least 4 members (excludes halogenated alkanes) is 3. The second kappa shape index (κ2) is 7.39. The Balaban J connectivity index is 2.19. The summed E-state index contributed by atoms with van der Waals surface area (Å²) in [6.45, 7) is 2.86. The van der Waals surface area contributed by atoms with Crippen molar-refractivity contribution in [1.29, 1.82) is 0 Å². The van der Waals surface area contributed by atoms with Crippen LogP contribution in [0.5, 0.6) is 0 Å². The van der Waals surface area contributed by atoms with Crippen LogP contribution in [0.15, 0.2) is 30.3 Å². The van der Waals surface area contributed by atoms with E-state index in [0.29, 0.717) is 24.9 Å². The van der Waals surface area contributed by atoms with Crippen LogP contribution in [-0.2, 0) is 4.79 Å². The number of nitrogens with one attached hydrogen (secondary N) is 1. The third kappa shape index (κ3) is 3.52. The van der Waals surface area contributed by atoms with Crippen LogP contribution >= 0.6 is 0 Å². The smallest absolute Gasteiger partial charge is 0.234 e. The zero-order chi connectivity index (χ0) is 15.1. The maximum Gasteiger partial charge on any atom is 0.234 e. The largest absolute Gasteiger partial charge is 0.355 e. The number of carbonyl (C=O) groups is 2. The van der Waals surface area contributed by atoms with E-state index in [1.54, 1.807) is 0 Å². The molecular weight excluding hydrogens is 262 g/mol. The topological polar surface area (TPSA) is 46.2 Å². The minimum atomic E-state index is -0.840. The molecule has 1 amide bonds. The van der Waals surface area contributed by atoms with Crippen molar-refractivity contribution in [3.05, 3.63) is 35.9 Å². The fourth-order valence-corrected chi connectivity index (χ4v) is 3.16. The van der Waals surface area contributed by atoms with E-state index in [-0.39, 0.29) is 11.7 Å². The summed E-state index contributed by atoms with van der Waals surface area (Å²) in [6, 6.07) is 9.25. The second-order valence-corrected chi connectivity index (χ2v) is 5.95. The summed E-state index contributed by atoms with van der Waals surface area (Å²) in [5.74, 6) is -0.0732. The Morgan fingerprint density at radius 1 is 1.19 bits per heavy atom. The molecule has 1 aromatic rings. The molecule has 1 aliphatic heterocycles. The Morgan fingerprint density at radius 2 is 1.95 bits per heavy atom. The van der Waals surface area contributed by atoms with Crippen molar-refractivity contribution in [3.8, 4) is 0 Å². The summed E-state index contributed by atoms with van der Waals surface area (Å²) in [5, 5.41) is 2.90. The van der Waals surface area contributed by atoms with Gasteiger partial charge in [0.15, 0.2) is 5.78 Å². The maximum atomic E-state index is 12.9. The third-order valence-electron chi connectivity index (χ3n) is 4.43. The molecule has 0 aliphatic carbocycles. The van der Waals surface area contributed by atoms with Gasteiger partial charge in [-0.15, -0.1) is 0 Å². The quantitative estimate of drug-likeness (QED) is 0.472. The van der Waals surface area contributed by atoms with Crippen LogP contribution in [0.3, 0.4) is 0 Å². The summed E-state index contributed by atoms with van der Waals surface area (Å²) >= 11 is 0. The lowest BCUT2D eigenvalue weighted by atomic mass is 9.70. The normalized spacial score (nSPS) is 21.9. The van der Waals surface area contributed by atoms with E-state index in [1.807, 2.05) is 30.3 Å². The van der Waals surface area contributed by atoms with Crippen molar-refractivity contribution >= 4 is 11.7 Å². The number of Topliss-reactive ketones (excluding diaryl/α,β-unsaturated/α-hetero) is 1. The van der Waals surface area contributed by atoms with Crippen molar-refractivity contribution in [1.82, 2.24) is 5.32 Å². The molecule has 0 bridgehead atoms. The summed E-state index contributed by atoms with van der Waals surface area (Å²) in [6.07, 6.45) is 6.60. The summed E-state index contributed by atoms with van der Waals surface area (Å²) < 4.78 is 0. The van der Waals surface area contributed by atoms with Crippen LogP contribution in [-0.4, -0.2) is 18.2 Å². The van der Waals surface area contributed by atoms with E-state index < -0.39 is 5.41 Å². The highest BCUT2D eigenvalue weighted by Gasteiger charge is 2.46. The molecule has 21 heavy (non-hydrogen) atoms. The van der Waals surface area contributed by atoms with Crippen LogP contribution in [0.4, 0.5) is 0 Å². The number of benzene rings is 1. The fourth-order valence-electron chi connectivity index (χ4n) is 3.16. The number of ketones is 1. The predicted molar refractivity (Wildman–Crippen MR) is 84.2 cm³/mol. The van der Waals surface area contributed by atoms with Gasteiger partial charge in [-0.1, -0.05) is 62.9 Å². The molecule has 1 heterocycles. The first-order valence-electron chi connectivity index (χ1n) is 8.09. The van der Waals surface area contributed by atoms with Gasteiger partial charge in [0, 0.05) is 12.1 Å². The van der Waals surface area contributed by atoms with Crippen LogP contribution in [0.1, 0.15) is 62.2 Å². The molecule has 1 N–H and O–H groups in total. The van der Waals surface area contributed by atoms with E-state index in [9.17, 15) is 9.59 Å². The van der Waals surface area contributed by atoms with Crippen molar-refractivity contribution in [2.75, 3.05) is 6.54 Å². The second-order valence-electron chi connectivity index (χ2n) is 5.95. The van der Waals surface area contributed by atoms with Crippen molar-refractivity contribution in [3.63, 3.8) is 0 Å². The maximum absolute atomic E-state index is 12.9. The van der Waals surface area contributed by atoms with Gasteiger partial charge in [-0.3, -0.25) is 9.59 Å². The highest BCUT2D eigenvalue weighted by atomic mass is 16.2. The monoisotopic (exact) mass is 287 g/mol. The Bertz CT molecular complexity index is 483. The SMILES string of the molecule is CCCCCCC1(C(=O)c2ccccc2)CCCNC1=O. The molecular formula is C18H25NO2. The predicted octanol–water partition coefficient (Wildman–Crippen LogP) is 3.74. The summed E-state index contributed by atoms with van der Waals surface area (Å²) in [5.41, 5.74) is -0.182. The molecule has 1 unspecified atom stereocenters. The van der Waals surface area contributed by atoms with Crippen LogP contribution in [0.25, 0.3) is 0 Å². The highest BCUT2D eigenvalue weighted by molar-refractivity contribution is 6.14. The lowest BCUT2D eigenvalue weighted by Gasteiger charge is -2.35. The van der Waals surface area contributed by atoms with Crippen LogP contribution in [0.2, 0.25) is 0 Å². The fraction of sp³-hybridized carbons (Fsp3) is 0.556. The van der Waals surface area contributed by atoms with Gasteiger partial charge in [0.1, 0.15) is 5.41 Å². The number of piperidine rings is 1. The van der Waals surface area contributed by atoms with Crippen molar-refractivity contribution < 1.29 is 9.59 Å². The molecule has 0 radical (unpaired) electrons. The van der Waals surface area contributed by atoms with E-state index in [0.717, 1.165) is 32.1 Å². The zero-order valence-electron chi connectivity index (χ0n) is 12.9. The average Bonchev–Trinajstić information content (AvgIpc) is 2.53. The van der Waals surface area contributed by atoms with Crippen LogP contribution in [0, 0.1) is 5.41 Å². The van der Waals surface area contributed by atoms with E-state index in [2.05, 4.69) is 12.2 Å². The molecule has 0 saturated carbocycles. The molecule has 1 saturated heterocycles. The average molecular weight is 287 g/mol. The van der Waals surface area contributed by atoms with E-state index in [1.165, 1.54) is 0 Å². The number of hydrogen-bond donors (Lipinski definition) is 1. The van der Waals surface area contributed by atoms with Gasteiger partial charge >= 0.3 is 0 Å². The minimum absolute atomic E-state index is 0.00296. The lowest BCUT2D eigenvalue weighted by Crippen LogP contribution is -2.50. The molecule has 2 rings (SSSR count). The van der Waals surface area contributed by atoms with Gasteiger partial charge in [-0.25, -0.2) is 0 Å². The summed E-state index contributed by atoms with van der Waals surface area (Å²) in [4.78, 5) is 25.4. The first kappa shape index (κ1) is 15.7. The number of amides is 1. The van der Waals surface area contributed by atoms with Crippen molar-refractivity contribution in [2.45, 2.75) is 51.9 Å².